The van der Waals surface area contributed by atoms with E-state index in [4.69, 9.17) is 14.7 Å². The summed E-state index contributed by atoms with van der Waals surface area (Å²) in [6.45, 7) is 4.86. The van der Waals surface area contributed by atoms with Crippen LogP contribution in [0.15, 0.2) is 42.6 Å². The van der Waals surface area contributed by atoms with Crippen LogP contribution in [0.4, 0.5) is 0 Å². The molecule has 3 aromatic rings. The van der Waals surface area contributed by atoms with Crippen molar-refractivity contribution in [2.45, 2.75) is 26.3 Å². The fraction of sp³-hybridized carbons (Fsp3) is 0.250. The Labute approximate surface area is 134 Å². The van der Waals surface area contributed by atoms with E-state index in [1.165, 1.54) is 0 Å². The molecule has 0 aliphatic carbocycles. The third kappa shape index (κ3) is 3.36. The second-order valence-corrected chi connectivity index (χ2v) is 5.65. The van der Waals surface area contributed by atoms with Gasteiger partial charge in [-0.3, -0.25) is 0 Å². The quantitative estimate of drug-likeness (QED) is 0.704. The van der Waals surface area contributed by atoms with Gasteiger partial charge in [-0.1, -0.05) is 26.0 Å². The van der Waals surface area contributed by atoms with Crippen molar-refractivity contribution in [2.24, 2.45) is 0 Å². The molecule has 6 nitrogen and oxygen atoms in total. The lowest BCUT2D eigenvalue weighted by atomic mass is 10.1. The maximum atomic E-state index is 8.81. The SMILES string of the molecule is CC(C)c1nc2cccnc2n1Cc1ccc(OB(O)O)cc1. The van der Waals surface area contributed by atoms with Gasteiger partial charge in [0.2, 0.25) is 0 Å². The molecule has 0 bridgehead atoms. The number of aromatic nitrogens is 3. The third-order valence-electron chi connectivity index (χ3n) is 3.56. The largest absolute Gasteiger partial charge is 0.707 e. The Morgan fingerprint density at radius 3 is 2.57 bits per heavy atom. The maximum absolute atomic E-state index is 8.81. The molecule has 0 fully saturated rings. The van der Waals surface area contributed by atoms with Gasteiger partial charge < -0.3 is 19.3 Å². The monoisotopic (exact) mass is 311 g/mol. The first-order valence-corrected chi connectivity index (χ1v) is 7.47. The van der Waals surface area contributed by atoms with Crippen molar-refractivity contribution in [2.75, 3.05) is 0 Å². The Hall–Kier alpha value is -2.38. The molecule has 0 saturated heterocycles. The molecule has 2 aromatic heterocycles. The summed E-state index contributed by atoms with van der Waals surface area (Å²) in [4.78, 5) is 9.12. The lowest BCUT2D eigenvalue weighted by Gasteiger charge is -2.12. The molecule has 0 atom stereocenters. The van der Waals surface area contributed by atoms with Crippen LogP contribution in [0.2, 0.25) is 0 Å². The molecule has 0 aliphatic heterocycles. The summed E-state index contributed by atoms with van der Waals surface area (Å²) in [7, 11) is -1.81. The van der Waals surface area contributed by atoms with E-state index < -0.39 is 7.32 Å². The zero-order valence-corrected chi connectivity index (χ0v) is 13.0. The predicted molar refractivity (Wildman–Crippen MR) is 88.0 cm³/mol. The van der Waals surface area contributed by atoms with E-state index in [1.807, 2.05) is 24.3 Å². The Morgan fingerprint density at radius 2 is 1.91 bits per heavy atom. The summed E-state index contributed by atoms with van der Waals surface area (Å²) < 4.78 is 6.92. The van der Waals surface area contributed by atoms with Crippen LogP contribution in [0.25, 0.3) is 11.2 Å². The Bertz CT molecular complexity index is 800. The van der Waals surface area contributed by atoms with Crippen molar-refractivity contribution in [3.8, 4) is 5.75 Å². The Kier molecular flexibility index (Phi) is 4.32. The highest BCUT2D eigenvalue weighted by Gasteiger charge is 2.15. The van der Waals surface area contributed by atoms with Crippen LogP contribution in [0.5, 0.6) is 5.75 Å². The fourth-order valence-electron chi connectivity index (χ4n) is 2.55. The average Bonchev–Trinajstić information content (AvgIpc) is 2.88. The molecule has 1 aromatic carbocycles. The van der Waals surface area contributed by atoms with Gasteiger partial charge in [0.05, 0.1) is 6.54 Å². The number of hydrogen-bond acceptors (Lipinski definition) is 5. The highest BCUT2D eigenvalue weighted by atomic mass is 16.6. The first-order valence-electron chi connectivity index (χ1n) is 7.47. The van der Waals surface area contributed by atoms with Gasteiger partial charge in [-0.15, -0.1) is 0 Å². The highest BCUT2D eigenvalue weighted by molar-refractivity contribution is 6.33. The summed E-state index contributed by atoms with van der Waals surface area (Å²) in [5, 5.41) is 17.6. The summed E-state index contributed by atoms with van der Waals surface area (Å²) in [5.74, 6) is 1.68. The van der Waals surface area contributed by atoms with Crippen LogP contribution in [0, 0.1) is 0 Å². The minimum Gasteiger partial charge on any atom is -0.512 e. The van der Waals surface area contributed by atoms with E-state index in [0.29, 0.717) is 12.3 Å². The van der Waals surface area contributed by atoms with Crippen molar-refractivity contribution in [1.29, 1.82) is 0 Å². The van der Waals surface area contributed by atoms with E-state index >= 15 is 0 Å². The van der Waals surface area contributed by atoms with Gasteiger partial charge in [0.15, 0.2) is 5.65 Å². The molecular weight excluding hydrogens is 293 g/mol. The zero-order valence-electron chi connectivity index (χ0n) is 13.0. The van der Waals surface area contributed by atoms with Crippen LogP contribution < -0.4 is 4.65 Å². The maximum Gasteiger partial charge on any atom is 0.707 e. The van der Waals surface area contributed by atoms with Crippen molar-refractivity contribution < 1.29 is 14.7 Å². The summed E-state index contributed by atoms with van der Waals surface area (Å²) in [5.41, 5.74) is 2.80. The number of imidazole rings is 1. The van der Waals surface area contributed by atoms with Crippen LogP contribution in [-0.2, 0) is 6.54 Å². The van der Waals surface area contributed by atoms with E-state index in [2.05, 4.69) is 28.4 Å². The molecule has 23 heavy (non-hydrogen) atoms. The normalized spacial score (nSPS) is 11.2. The van der Waals surface area contributed by atoms with Crippen molar-refractivity contribution >= 4 is 18.5 Å². The molecule has 0 amide bonds. The summed E-state index contributed by atoms with van der Waals surface area (Å²) >= 11 is 0. The van der Waals surface area contributed by atoms with E-state index in [1.54, 1.807) is 18.3 Å². The van der Waals surface area contributed by atoms with Crippen LogP contribution in [0.3, 0.4) is 0 Å². The molecule has 0 aliphatic rings. The molecule has 2 N–H and O–H groups in total. The first-order chi connectivity index (χ1) is 11.0. The van der Waals surface area contributed by atoms with Gasteiger partial charge in [-0.05, 0) is 29.8 Å². The van der Waals surface area contributed by atoms with E-state index in [9.17, 15) is 0 Å². The number of fused-ring (bicyclic) bond motifs is 1. The van der Waals surface area contributed by atoms with Gasteiger partial charge >= 0.3 is 7.32 Å². The Morgan fingerprint density at radius 1 is 1.17 bits per heavy atom. The molecule has 0 saturated carbocycles. The van der Waals surface area contributed by atoms with Crippen LogP contribution in [0.1, 0.15) is 31.2 Å². The fourth-order valence-corrected chi connectivity index (χ4v) is 2.55. The summed E-state index contributed by atoms with van der Waals surface area (Å²) in [6, 6.07) is 11.0. The lowest BCUT2D eigenvalue weighted by molar-refractivity contribution is 0.288. The van der Waals surface area contributed by atoms with Gasteiger partial charge in [-0.2, -0.15) is 0 Å². The number of pyridine rings is 1. The molecule has 0 spiro atoms. The third-order valence-corrected chi connectivity index (χ3v) is 3.56. The molecular formula is C16H18BN3O3. The molecule has 2 heterocycles. The molecule has 0 unspecified atom stereocenters. The van der Waals surface area contributed by atoms with Crippen molar-refractivity contribution in [1.82, 2.24) is 14.5 Å². The second kappa shape index (κ2) is 6.40. The predicted octanol–water partition coefficient (Wildman–Crippen LogP) is 1.95. The van der Waals surface area contributed by atoms with E-state index in [0.717, 1.165) is 22.6 Å². The standard InChI is InChI=1S/C16H18BN3O3/c1-11(2)15-19-14-4-3-9-18-16(14)20(15)10-12-5-7-13(8-6-12)23-17(21)22/h3-9,11,21-22H,10H2,1-2H3. The Balaban J connectivity index is 1.93. The average molecular weight is 311 g/mol. The highest BCUT2D eigenvalue weighted by Crippen LogP contribution is 2.22. The van der Waals surface area contributed by atoms with Gasteiger partial charge in [0.1, 0.15) is 17.1 Å². The molecule has 0 radical (unpaired) electrons. The van der Waals surface area contributed by atoms with Gasteiger partial charge in [0.25, 0.3) is 0 Å². The number of benzene rings is 1. The minimum atomic E-state index is -1.81. The smallest absolute Gasteiger partial charge is 0.512 e. The van der Waals surface area contributed by atoms with Gasteiger partial charge in [-0.25, -0.2) is 9.97 Å². The van der Waals surface area contributed by atoms with Gasteiger partial charge in [0, 0.05) is 12.1 Å². The van der Waals surface area contributed by atoms with Crippen molar-refractivity contribution in [3.05, 3.63) is 54.0 Å². The molecule has 3 rings (SSSR count). The topological polar surface area (TPSA) is 80.4 Å². The number of rotatable bonds is 5. The molecule has 118 valence electrons. The zero-order chi connectivity index (χ0) is 16.4. The van der Waals surface area contributed by atoms with E-state index in [-0.39, 0.29) is 5.92 Å². The summed E-state index contributed by atoms with van der Waals surface area (Å²) in [6.07, 6.45) is 1.77. The second-order valence-electron chi connectivity index (χ2n) is 5.65. The van der Waals surface area contributed by atoms with Crippen LogP contribution in [-0.4, -0.2) is 31.9 Å². The number of nitrogens with zero attached hydrogens (tertiary/aromatic N) is 3. The lowest BCUT2D eigenvalue weighted by Crippen LogP contribution is -2.20. The first kappa shape index (κ1) is 15.5. The molecule has 7 heteroatoms. The minimum absolute atomic E-state index is 0.288. The van der Waals surface area contributed by atoms with Crippen LogP contribution >= 0.6 is 0 Å². The van der Waals surface area contributed by atoms with Crippen molar-refractivity contribution in [3.63, 3.8) is 0 Å². The number of hydrogen-bond donors (Lipinski definition) is 2.